The van der Waals surface area contributed by atoms with Crippen LogP contribution in [-0.2, 0) is 9.47 Å². The molecule has 0 saturated heterocycles. The quantitative estimate of drug-likeness (QED) is 0.296. The molecule has 1 atom stereocenters. The summed E-state index contributed by atoms with van der Waals surface area (Å²) in [4.78, 5) is 6.91. The van der Waals surface area contributed by atoms with Gasteiger partial charge in [-0.25, -0.2) is 0 Å². The highest BCUT2D eigenvalue weighted by Crippen LogP contribution is 2.15. The van der Waals surface area contributed by atoms with E-state index in [4.69, 9.17) is 9.47 Å². The van der Waals surface area contributed by atoms with Gasteiger partial charge in [0.05, 0.1) is 12.7 Å². The molecular weight excluding hydrogens is 340 g/mol. The number of methoxy groups -OCH3 is 1. The van der Waals surface area contributed by atoms with Crippen LogP contribution < -0.4 is 10.6 Å². The molecule has 0 fully saturated rings. The van der Waals surface area contributed by atoms with E-state index in [1.165, 1.54) is 5.56 Å². The Hall–Kier alpha value is -1.63. The summed E-state index contributed by atoms with van der Waals surface area (Å²) in [6.45, 7) is 10.2. The van der Waals surface area contributed by atoms with Crippen molar-refractivity contribution in [2.45, 2.75) is 32.8 Å². The number of rotatable bonds is 14. The van der Waals surface area contributed by atoms with Crippen LogP contribution in [0, 0.1) is 0 Å². The van der Waals surface area contributed by atoms with Crippen LogP contribution in [0.5, 0.6) is 0 Å². The third kappa shape index (κ3) is 11.6. The zero-order valence-corrected chi connectivity index (χ0v) is 17.5. The number of likely N-dealkylation sites (N-methyl/N-ethyl adjacent to an activating group) is 1. The molecule has 0 bridgehead atoms. The van der Waals surface area contributed by atoms with Gasteiger partial charge in [-0.2, -0.15) is 0 Å². The summed E-state index contributed by atoms with van der Waals surface area (Å²) in [6, 6.07) is 10.3. The molecule has 1 rings (SSSR count). The predicted molar refractivity (Wildman–Crippen MR) is 113 cm³/mol. The maximum atomic E-state index is 5.90. The lowest BCUT2D eigenvalue weighted by molar-refractivity contribution is 0.0652. The van der Waals surface area contributed by atoms with Gasteiger partial charge in [0.2, 0.25) is 0 Å². The molecule has 6 nitrogen and oxygen atoms in total. The molecule has 0 aliphatic carbocycles. The molecule has 154 valence electrons. The van der Waals surface area contributed by atoms with Gasteiger partial charge in [-0.1, -0.05) is 30.3 Å². The molecule has 0 radical (unpaired) electrons. The number of nitrogens with zero attached hydrogens (tertiary/aromatic N) is 2. The molecule has 0 aromatic heterocycles. The van der Waals surface area contributed by atoms with Crippen molar-refractivity contribution in [3.05, 3.63) is 35.9 Å². The number of guanidine groups is 1. The fourth-order valence-corrected chi connectivity index (χ4v) is 2.59. The van der Waals surface area contributed by atoms with Crippen LogP contribution in [-0.4, -0.2) is 71.0 Å². The standard InChI is InChI=1S/C21H38N4O2/c1-5-22-21(23-13-9-15-25(3)16-18-26-4)24-14-10-17-27-19(2)20-11-7-6-8-12-20/h6-8,11-12,19H,5,9-10,13-18H2,1-4H3,(H2,22,23,24). The van der Waals surface area contributed by atoms with Gasteiger partial charge >= 0.3 is 0 Å². The first-order chi connectivity index (χ1) is 13.2. The lowest BCUT2D eigenvalue weighted by atomic mass is 10.1. The van der Waals surface area contributed by atoms with Gasteiger partial charge in [0.25, 0.3) is 0 Å². The van der Waals surface area contributed by atoms with Crippen LogP contribution in [0.1, 0.15) is 38.4 Å². The van der Waals surface area contributed by atoms with Crippen molar-refractivity contribution in [1.82, 2.24) is 15.5 Å². The molecule has 0 aliphatic heterocycles. The zero-order valence-electron chi connectivity index (χ0n) is 17.5. The Labute approximate surface area is 165 Å². The van der Waals surface area contributed by atoms with Gasteiger partial charge in [0, 0.05) is 39.9 Å². The topological polar surface area (TPSA) is 58.1 Å². The summed E-state index contributed by atoms with van der Waals surface area (Å²) >= 11 is 0. The minimum atomic E-state index is 0.122. The Balaban J connectivity index is 2.19. The Morgan fingerprint density at radius 1 is 1.11 bits per heavy atom. The molecule has 1 aromatic rings. The summed E-state index contributed by atoms with van der Waals surface area (Å²) < 4.78 is 11.0. The first-order valence-corrected chi connectivity index (χ1v) is 10.0. The average Bonchev–Trinajstić information content (AvgIpc) is 2.69. The van der Waals surface area contributed by atoms with Crippen LogP contribution in [0.2, 0.25) is 0 Å². The first-order valence-electron chi connectivity index (χ1n) is 10.0. The summed E-state index contributed by atoms with van der Waals surface area (Å²) in [6.07, 6.45) is 2.10. The van der Waals surface area contributed by atoms with Gasteiger partial charge < -0.3 is 25.0 Å². The van der Waals surface area contributed by atoms with Gasteiger partial charge in [-0.05, 0) is 45.8 Å². The molecule has 0 heterocycles. The fourth-order valence-electron chi connectivity index (χ4n) is 2.59. The minimum Gasteiger partial charge on any atom is -0.383 e. The molecule has 2 N–H and O–H groups in total. The number of hydrogen-bond acceptors (Lipinski definition) is 4. The third-order valence-corrected chi connectivity index (χ3v) is 4.24. The lowest BCUT2D eigenvalue weighted by Gasteiger charge is -2.17. The molecule has 0 saturated carbocycles. The smallest absolute Gasteiger partial charge is 0.191 e. The van der Waals surface area contributed by atoms with E-state index < -0.39 is 0 Å². The maximum absolute atomic E-state index is 5.90. The van der Waals surface area contributed by atoms with E-state index in [2.05, 4.69) is 53.6 Å². The Bertz CT molecular complexity index is 496. The number of benzene rings is 1. The highest BCUT2D eigenvalue weighted by atomic mass is 16.5. The van der Waals surface area contributed by atoms with Crippen LogP contribution in [0.3, 0.4) is 0 Å². The molecule has 6 heteroatoms. The van der Waals surface area contributed by atoms with Crippen molar-refractivity contribution in [3.8, 4) is 0 Å². The van der Waals surface area contributed by atoms with Gasteiger partial charge in [0.1, 0.15) is 0 Å². The van der Waals surface area contributed by atoms with E-state index in [1.807, 2.05) is 18.2 Å². The SMILES string of the molecule is CCNC(=NCCCOC(C)c1ccccc1)NCCCN(C)CCOC. The number of aliphatic imine (C=N–C) groups is 1. The second-order valence-corrected chi connectivity index (χ2v) is 6.61. The zero-order chi connectivity index (χ0) is 19.7. The van der Waals surface area contributed by atoms with Crippen LogP contribution in [0.4, 0.5) is 0 Å². The van der Waals surface area contributed by atoms with E-state index in [9.17, 15) is 0 Å². The maximum Gasteiger partial charge on any atom is 0.191 e. The second-order valence-electron chi connectivity index (χ2n) is 6.61. The largest absolute Gasteiger partial charge is 0.383 e. The van der Waals surface area contributed by atoms with E-state index in [0.717, 1.165) is 58.1 Å². The minimum absolute atomic E-state index is 0.122. The van der Waals surface area contributed by atoms with E-state index in [1.54, 1.807) is 7.11 Å². The van der Waals surface area contributed by atoms with Crippen LogP contribution >= 0.6 is 0 Å². The highest BCUT2D eigenvalue weighted by molar-refractivity contribution is 5.79. The van der Waals surface area contributed by atoms with Gasteiger partial charge in [0.15, 0.2) is 5.96 Å². The Kier molecular flexibility index (Phi) is 13.4. The molecule has 0 aliphatic rings. The van der Waals surface area contributed by atoms with Crippen molar-refractivity contribution in [1.29, 1.82) is 0 Å². The average molecular weight is 379 g/mol. The first kappa shape index (κ1) is 23.4. The summed E-state index contributed by atoms with van der Waals surface area (Å²) in [5.74, 6) is 0.883. The van der Waals surface area contributed by atoms with Gasteiger partial charge in [-0.3, -0.25) is 4.99 Å². The highest BCUT2D eigenvalue weighted by Gasteiger charge is 2.04. The molecular formula is C21H38N4O2. The Morgan fingerprint density at radius 2 is 1.89 bits per heavy atom. The van der Waals surface area contributed by atoms with Crippen molar-refractivity contribution in [2.75, 3.05) is 60.1 Å². The number of hydrogen-bond donors (Lipinski definition) is 2. The van der Waals surface area contributed by atoms with Crippen LogP contribution in [0.15, 0.2) is 35.3 Å². The molecule has 0 amide bonds. The molecule has 0 spiro atoms. The third-order valence-electron chi connectivity index (χ3n) is 4.24. The lowest BCUT2D eigenvalue weighted by Crippen LogP contribution is -2.38. The van der Waals surface area contributed by atoms with E-state index >= 15 is 0 Å². The fraction of sp³-hybridized carbons (Fsp3) is 0.667. The summed E-state index contributed by atoms with van der Waals surface area (Å²) in [5, 5.41) is 6.69. The number of nitrogens with one attached hydrogen (secondary N) is 2. The normalized spacial score (nSPS) is 13.0. The van der Waals surface area contributed by atoms with Crippen molar-refractivity contribution < 1.29 is 9.47 Å². The van der Waals surface area contributed by atoms with Gasteiger partial charge in [-0.15, -0.1) is 0 Å². The van der Waals surface area contributed by atoms with Crippen LogP contribution in [0.25, 0.3) is 0 Å². The van der Waals surface area contributed by atoms with Crippen molar-refractivity contribution in [2.24, 2.45) is 4.99 Å². The molecule has 1 unspecified atom stereocenters. The van der Waals surface area contributed by atoms with Crippen molar-refractivity contribution in [3.63, 3.8) is 0 Å². The second kappa shape index (κ2) is 15.4. The number of ether oxygens (including phenoxy) is 2. The Morgan fingerprint density at radius 3 is 2.59 bits per heavy atom. The monoisotopic (exact) mass is 378 g/mol. The summed E-state index contributed by atoms with van der Waals surface area (Å²) in [5.41, 5.74) is 1.21. The molecule has 27 heavy (non-hydrogen) atoms. The summed E-state index contributed by atoms with van der Waals surface area (Å²) in [7, 11) is 3.86. The molecule has 1 aromatic carbocycles. The predicted octanol–water partition coefficient (Wildman–Crippen LogP) is 2.68. The van der Waals surface area contributed by atoms with Crippen molar-refractivity contribution >= 4 is 5.96 Å². The van der Waals surface area contributed by atoms with E-state index in [-0.39, 0.29) is 6.10 Å². The van der Waals surface area contributed by atoms with E-state index in [0.29, 0.717) is 6.61 Å².